The van der Waals surface area contributed by atoms with Crippen molar-refractivity contribution in [3.05, 3.63) is 53.5 Å². The molecule has 2 atom stereocenters. The molecular weight excluding hydrogens is 488 g/mol. The van der Waals surface area contributed by atoms with Crippen LogP contribution in [0.3, 0.4) is 0 Å². The molecule has 0 saturated carbocycles. The molecule has 0 N–H and O–H groups in total. The number of amides is 4. The van der Waals surface area contributed by atoms with Crippen LogP contribution in [-0.2, 0) is 9.53 Å². The summed E-state index contributed by atoms with van der Waals surface area (Å²) < 4.78 is 10.9. The van der Waals surface area contributed by atoms with Gasteiger partial charge in [-0.3, -0.25) is 24.1 Å². The van der Waals surface area contributed by atoms with E-state index in [0.29, 0.717) is 56.2 Å². The number of furan rings is 1. The summed E-state index contributed by atoms with van der Waals surface area (Å²) in [6.07, 6.45) is 4.76. The van der Waals surface area contributed by atoms with E-state index >= 15 is 0 Å². The van der Waals surface area contributed by atoms with Crippen molar-refractivity contribution in [1.82, 2.24) is 14.7 Å². The van der Waals surface area contributed by atoms with E-state index in [0.717, 1.165) is 37.9 Å². The van der Waals surface area contributed by atoms with E-state index in [9.17, 15) is 19.2 Å². The lowest BCUT2D eigenvalue weighted by Gasteiger charge is -2.39. The monoisotopic (exact) mass is 520 g/mol. The Hall–Kier alpha value is -3.66. The van der Waals surface area contributed by atoms with Gasteiger partial charge < -0.3 is 23.9 Å². The average Bonchev–Trinajstić information content (AvgIpc) is 3.73. The summed E-state index contributed by atoms with van der Waals surface area (Å²) in [5.41, 5.74) is 1.59. The van der Waals surface area contributed by atoms with E-state index < -0.39 is 0 Å². The second-order valence-corrected chi connectivity index (χ2v) is 10.4. The molecule has 4 amide bonds. The number of hydrogen-bond donors (Lipinski definition) is 0. The zero-order chi connectivity index (χ0) is 26.2. The van der Waals surface area contributed by atoms with Crippen LogP contribution in [0.2, 0.25) is 0 Å². The van der Waals surface area contributed by atoms with Crippen LogP contribution < -0.4 is 4.90 Å². The summed E-state index contributed by atoms with van der Waals surface area (Å²) >= 11 is 0. The third kappa shape index (κ3) is 4.47. The van der Waals surface area contributed by atoms with Gasteiger partial charge in [0, 0.05) is 45.9 Å². The van der Waals surface area contributed by atoms with Crippen LogP contribution in [0, 0.1) is 5.92 Å². The van der Waals surface area contributed by atoms with Crippen molar-refractivity contribution in [1.29, 1.82) is 0 Å². The standard InChI is InChI=1S/C28H32N4O6/c33-25(29-11-13-30(14-12-29)27(35)23-9-4-16-38-23)19-5-2-10-31(17-19)22-8-1-7-21-24(22)28(36)32(26(21)34)18-20-6-3-15-37-20/h1,4,7-9,16,19-20H,2-3,5-6,10-15,17-18H2. The molecule has 4 aliphatic rings. The topological polar surface area (TPSA) is 104 Å². The number of fused-ring (bicyclic) bond motifs is 1. The SMILES string of the molecule is O=C(c1ccco1)N1CCN(C(=O)C2CCCN(c3cccc4c3C(=O)N(CC3CCCO3)C4=O)C2)CC1. The number of carbonyl (C=O) groups is 4. The van der Waals surface area contributed by atoms with Crippen LogP contribution in [0.1, 0.15) is 57.0 Å². The highest BCUT2D eigenvalue weighted by atomic mass is 16.5. The van der Waals surface area contributed by atoms with Crippen LogP contribution in [-0.4, -0.2) is 96.9 Å². The molecule has 1 aromatic carbocycles. The first-order valence-electron chi connectivity index (χ1n) is 13.5. The summed E-state index contributed by atoms with van der Waals surface area (Å²) in [6.45, 7) is 4.04. The third-order valence-corrected chi connectivity index (χ3v) is 8.11. The molecule has 0 radical (unpaired) electrons. The molecule has 10 heteroatoms. The van der Waals surface area contributed by atoms with E-state index in [1.165, 1.54) is 11.2 Å². The first-order valence-corrected chi connectivity index (χ1v) is 13.5. The van der Waals surface area contributed by atoms with E-state index in [1.807, 2.05) is 17.0 Å². The van der Waals surface area contributed by atoms with Crippen molar-refractivity contribution < 1.29 is 28.3 Å². The van der Waals surface area contributed by atoms with Gasteiger partial charge >= 0.3 is 0 Å². The van der Waals surface area contributed by atoms with Gasteiger partial charge in [0.2, 0.25) is 5.91 Å². The molecule has 2 aromatic rings. The number of rotatable bonds is 5. The Kier molecular flexibility index (Phi) is 6.65. The Labute approximate surface area is 221 Å². The summed E-state index contributed by atoms with van der Waals surface area (Å²) in [5, 5.41) is 0. The number of hydrogen-bond acceptors (Lipinski definition) is 7. The number of piperazine rings is 1. The van der Waals surface area contributed by atoms with Crippen molar-refractivity contribution in [2.75, 3.05) is 57.3 Å². The normalized spacial score (nSPS) is 23.8. The second kappa shape index (κ2) is 10.2. The van der Waals surface area contributed by atoms with Crippen molar-refractivity contribution in [2.24, 2.45) is 5.92 Å². The molecule has 0 spiro atoms. The number of piperidine rings is 1. The van der Waals surface area contributed by atoms with Crippen molar-refractivity contribution in [2.45, 2.75) is 31.8 Å². The quantitative estimate of drug-likeness (QED) is 0.557. The molecule has 2 unspecified atom stereocenters. The average molecular weight is 521 g/mol. The Bertz CT molecular complexity index is 1230. The minimum Gasteiger partial charge on any atom is -0.459 e. The van der Waals surface area contributed by atoms with Gasteiger partial charge in [0.05, 0.1) is 41.6 Å². The van der Waals surface area contributed by atoms with Gasteiger partial charge in [-0.15, -0.1) is 0 Å². The van der Waals surface area contributed by atoms with E-state index in [1.54, 1.807) is 23.1 Å². The van der Waals surface area contributed by atoms with Crippen LogP contribution in [0.5, 0.6) is 0 Å². The molecule has 3 fully saturated rings. The Balaban J connectivity index is 1.12. The predicted octanol–water partition coefficient (Wildman–Crippen LogP) is 2.26. The van der Waals surface area contributed by atoms with Gasteiger partial charge in [0.1, 0.15) is 0 Å². The van der Waals surface area contributed by atoms with E-state index in [-0.39, 0.29) is 42.2 Å². The Morgan fingerprint density at radius 2 is 1.71 bits per heavy atom. The second-order valence-electron chi connectivity index (χ2n) is 10.4. The summed E-state index contributed by atoms with van der Waals surface area (Å²) in [7, 11) is 0. The largest absolute Gasteiger partial charge is 0.459 e. The lowest BCUT2D eigenvalue weighted by molar-refractivity contribution is -0.137. The summed E-state index contributed by atoms with van der Waals surface area (Å²) in [4.78, 5) is 59.5. The Morgan fingerprint density at radius 3 is 2.45 bits per heavy atom. The zero-order valence-corrected chi connectivity index (χ0v) is 21.3. The van der Waals surface area contributed by atoms with Crippen molar-refractivity contribution in [3.63, 3.8) is 0 Å². The fraction of sp³-hybridized carbons (Fsp3) is 0.500. The third-order valence-electron chi connectivity index (χ3n) is 8.11. The highest BCUT2D eigenvalue weighted by Crippen LogP contribution is 2.35. The van der Waals surface area contributed by atoms with Gasteiger partial charge in [-0.05, 0) is 49.9 Å². The smallest absolute Gasteiger partial charge is 0.289 e. The molecule has 200 valence electrons. The fourth-order valence-electron chi connectivity index (χ4n) is 6.08. The lowest BCUT2D eigenvalue weighted by atomic mass is 9.94. The summed E-state index contributed by atoms with van der Waals surface area (Å²) in [6, 6.07) is 8.75. The number of nitrogens with zero attached hydrogens (tertiary/aromatic N) is 4. The fourth-order valence-corrected chi connectivity index (χ4v) is 6.08. The van der Waals surface area contributed by atoms with Crippen LogP contribution in [0.4, 0.5) is 5.69 Å². The maximum Gasteiger partial charge on any atom is 0.289 e. The lowest BCUT2D eigenvalue weighted by Crippen LogP contribution is -2.53. The van der Waals surface area contributed by atoms with Crippen LogP contribution in [0.15, 0.2) is 41.0 Å². The van der Waals surface area contributed by atoms with Crippen LogP contribution in [0.25, 0.3) is 0 Å². The van der Waals surface area contributed by atoms with Gasteiger partial charge in [0.25, 0.3) is 17.7 Å². The van der Waals surface area contributed by atoms with Crippen LogP contribution >= 0.6 is 0 Å². The molecule has 5 heterocycles. The number of ether oxygens (including phenoxy) is 1. The highest BCUT2D eigenvalue weighted by molar-refractivity contribution is 6.23. The number of benzene rings is 1. The number of anilines is 1. The molecule has 3 saturated heterocycles. The summed E-state index contributed by atoms with van der Waals surface area (Å²) in [5.74, 6) is -0.519. The predicted molar refractivity (Wildman–Crippen MR) is 137 cm³/mol. The molecule has 0 bridgehead atoms. The van der Waals surface area contributed by atoms with Crippen molar-refractivity contribution >= 4 is 29.3 Å². The minimum atomic E-state index is -0.276. The van der Waals surface area contributed by atoms with E-state index in [2.05, 4.69) is 4.90 Å². The first-order chi connectivity index (χ1) is 18.5. The van der Waals surface area contributed by atoms with Gasteiger partial charge in [-0.2, -0.15) is 0 Å². The minimum absolute atomic E-state index is 0.0785. The van der Waals surface area contributed by atoms with Gasteiger partial charge in [-0.25, -0.2) is 0 Å². The maximum atomic E-state index is 13.5. The number of imide groups is 1. The van der Waals surface area contributed by atoms with Crippen molar-refractivity contribution in [3.8, 4) is 0 Å². The molecule has 10 nitrogen and oxygen atoms in total. The molecule has 6 rings (SSSR count). The molecule has 0 aliphatic carbocycles. The zero-order valence-electron chi connectivity index (χ0n) is 21.3. The maximum absolute atomic E-state index is 13.5. The van der Waals surface area contributed by atoms with E-state index in [4.69, 9.17) is 9.15 Å². The molecular formula is C28H32N4O6. The molecule has 4 aliphatic heterocycles. The number of carbonyl (C=O) groups excluding carboxylic acids is 4. The molecule has 1 aromatic heterocycles. The first kappa shape index (κ1) is 24.7. The Morgan fingerprint density at radius 1 is 0.895 bits per heavy atom. The van der Waals surface area contributed by atoms with Gasteiger partial charge in [-0.1, -0.05) is 6.07 Å². The molecule has 38 heavy (non-hydrogen) atoms. The highest BCUT2D eigenvalue weighted by Gasteiger charge is 2.41. The van der Waals surface area contributed by atoms with Gasteiger partial charge in [0.15, 0.2) is 5.76 Å².